The minimum Gasteiger partial charge on any atom is -0.487 e. The summed E-state index contributed by atoms with van der Waals surface area (Å²) in [4.78, 5) is 0. The second kappa shape index (κ2) is 6.89. The minimum absolute atomic E-state index is 0.555. The van der Waals surface area contributed by atoms with Crippen molar-refractivity contribution in [3.8, 4) is 5.75 Å². The summed E-state index contributed by atoms with van der Waals surface area (Å²) in [6.45, 7) is 3.11. The maximum atomic E-state index is 6.32. The van der Waals surface area contributed by atoms with Crippen LogP contribution in [0.5, 0.6) is 5.75 Å². The van der Waals surface area contributed by atoms with Crippen molar-refractivity contribution < 1.29 is 9.22 Å². The molecule has 25 heavy (non-hydrogen) atoms. The zero-order valence-electron chi connectivity index (χ0n) is 14.9. The van der Waals surface area contributed by atoms with E-state index < -0.39 is 0 Å². The molecule has 2 heteroatoms. The van der Waals surface area contributed by atoms with E-state index >= 15 is 0 Å². The second-order valence-corrected chi connectivity index (χ2v) is 7.43. The van der Waals surface area contributed by atoms with Gasteiger partial charge in [-0.3, -0.25) is 0 Å². The van der Waals surface area contributed by atoms with E-state index in [1.54, 1.807) is 0 Å². The number of likely N-dealkylation sites (N-methyl/N-ethyl adjacent to an activating group) is 1. The molecule has 1 heterocycles. The molecule has 0 saturated carbocycles. The van der Waals surface area contributed by atoms with E-state index in [2.05, 4.69) is 79.8 Å². The number of quaternary nitrogens is 1. The van der Waals surface area contributed by atoms with Gasteiger partial charge < -0.3 is 9.22 Å². The number of likely N-dealkylation sites (tertiary alicyclic amines) is 1. The molecule has 0 unspecified atom stereocenters. The molecule has 1 aliphatic heterocycles. The number of benzene rings is 3. The molecule has 1 saturated heterocycles. The fourth-order valence-electron chi connectivity index (χ4n) is 4.16. The predicted molar refractivity (Wildman–Crippen MR) is 104 cm³/mol. The molecule has 0 spiro atoms. The molecule has 0 N–H and O–H groups in total. The van der Waals surface area contributed by atoms with E-state index in [0.717, 1.165) is 23.4 Å². The molecule has 3 aromatic rings. The van der Waals surface area contributed by atoms with E-state index in [1.165, 1.54) is 35.7 Å². The van der Waals surface area contributed by atoms with Crippen LogP contribution in [0, 0.1) is 0 Å². The maximum Gasteiger partial charge on any atom is 0.140 e. The Morgan fingerprint density at radius 3 is 2.56 bits per heavy atom. The molecule has 0 radical (unpaired) electrons. The number of rotatable bonds is 5. The average molecular weight is 332 g/mol. The number of ether oxygens (including phenoxy) is 1. The molecule has 0 amide bonds. The lowest BCUT2D eigenvalue weighted by Crippen LogP contribution is -2.49. The van der Waals surface area contributed by atoms with Gasteiger partial charge >= 0.3 is 0 Å². The number of nitrogens with zero attached hydrogens (tertiary/aromatic N) is 1. The third-order valence-corrected chi connectivity index (χ3v) is 5.66. The predicted octanol–water partition coefficient (Wildman–Crippen LogP) is 5.03. The Bertz CT molecular complexity index is 840. The Hall–Kier alpha value is -2.32. The first-order chi connectivity index (χ1) is 12.2. The molecular formula is C23H26NO+. The van der Waals surface area contributed by atoms with Gasteiger partial charge in [-0.05, 0) is 11.5 Å². The van der Waals surface area contributed by atoms with Gasteiger partial charge in [0.2, 0.25) is 0 Å². The van der Waals surface area contributed by atoms with Crippen LogP contribution in [0.1, 0.15) is 18.4 Å². The third kappa shape index (κ3) is 3.40. The maximum absolute atomic E-state index is 6.32. The van der Waals surface area contributed by atoms with Crippen molar-refractivity contribution >= 4 is 10.8 Å². The van der Waals surface area contributed by atoms with Gasteiger partial charge in [0.25, 0.3) is 0 Å². The van der Waals surface area contributed by atoms with E-state index in [0.29, 0.717) is 6.04 Å². The van der Waals surface area contributed by atoms with Gasteiger partial charge in [-0.2, -0.15) is 0 Å². The molecule has 0 aliphatic carbocycles. The third-order valence-electron chi connectivity index (χ3n) is 5.66. The highest BCUT2D eigenvalue weighted by Crippen LogP contribution is 2.30. The minimum atomic E-state index is 0.555. The quantitative estimate of drug-likeness (QED) is 0.596. The van der Waals surface area contributed by atoms with Crippen LogP contribution in [-0.4, -0.2) is 30.7 Å². The highest BCUT2D eigenvalue weighted by atomic mass is 16.5. The molecule has 1 aliphatic rings. The molecule has 2 atom stereocenters. The Balaban J connectivity index is 1.49. The van der Waals surface area contributed by atoms with Crippen molar-refractivity contribution in [3.63, 3.8) is 0 Å². The lowest BCUT2D eigenvalue weighted by atomic mass is 10.1. The number of hydrogen-bond acceptors (Lipinski definition) is 1. The molecule has 0 aromatic heterocycles. The smallest absolute Gasteiger partial charge is 0.140 e. The molecule has 128 valence electrons. The van der Waals surface area contributed by atoms with Crippen LogP contribution < -0.4 is 4.74 Å². The van der Waals surface area contributed by atoms with Crippen LogP contribution in [0.15, 0.2) is 72.8 Å². The summed E-state index contributed by atoms with van der Waals surface area (Å²) in [5.41, 5.74) is 1.42. The largest absolute Gasteiger partial charge is 0.487 e. The van der Waals surface area contributed by atoms with Crippen LogP contribution in [0.3, 0.4) is 0 Å². The van der Waals surface area contributed by atoms with Crippen molar-refractivity contribution in [2.45, 2.75) is 25.4 Å². The van der Waals surface area contributed by atoms with Gasteiger partial charge in [0.05, 0.1) is 13.6 Å². The summed E-state index contributed by atoms with van der Waals surface area (Å²) in [6.07, 6.45) is 2.53. The van der Waals surface area contributed by atoms with Crippen LogP contribution >= 0.6 is 0 Å². The molecule has 0 bridgehead atoms. The summed E-state index contributed by atoms with van der Waals surface area (Å²) < 4.78 is 7.40. The number of fused-ring (bicyclic) bond motifs is 1. The molecule has 4 rings (SSSR count). The van der Waals surface area contributed by atoms with Gasteiger partial charge in [-0.1, -0.05) is 66.7 Å². The van der Waals surface area contributed by atoms with Crippen molar-refractivity contribution in [2.75, 3.05) is 20.2 Å². The van der Waals surface area contributed by atoms with Crippen molar-refractivity contribution in [1.82, 2.24) is 0 Å². The van der Waals surface area contributed by atoms with E-state index in [9.17, 15) is 0 Å². The van der Waals surface area contributed by atoms with Gasteiger partial charge in [0, 0.05) is 23.8 Å². The molecule has 2 nitrogen and oxygen atoms in total. The molecule has 3 aromatic carbocycles. The molecule has 1 fully saturated rings. The monoisotopic (exact) mass is 332 g/mol. The van der Waals surface area contributed by atoms with E-state index in [4.69, 9.17) is 4.74 Å². The summed E-state index contributed by atoms with van der Waals surface area (Å²) in [7, 11) is 2.39. The summed E-state index contributed by atoms with van der Waals surface area (Å²) in [5.74, 6) is 1.01. The summed E-state index contributed by atoms with van der Waals surface area (Å²) in [6, 6.07) is 26.2. The van der Waals surface area contributed by atoms with Gasteiger partial charge in [0.1, 0.15) is 24.9 Å². The van der Waals surface area contributed by atoms with Gasteiger partial charge in [-0.15, -0.1) is 0 Å². The standard InChI is InChI=1S/C23H26NO/c1-24(17-19-9-3-2-4-10-19)16-8-13-21(24)18-25-23-15-7-12-20-11-5-6-14-22(20)23/h2-7,9-12,14-15,21H,8,13,16-18H2,1H3/q+1/t21-,24-/m0/s1. The summed E-state index contributed by atoms with van der Waals surface area (Å²) in [5, 5.41) is 2.45. The highest BCUT2D eigenvalue weighted by molar-refractivity contribution is 5.88. The first-order valence-electron chi connectivity index (χ1n) is 9.23. The van der Waals surface area contributed by atoms with Gasteiger partial charge in [0.15, 0.2) is 0 Å². The molecular weight excluding hydrogens is 306 g/mol. The van der Waals surface area contributed by atoms with Crippen molar-refractivity contribution in [3.05, 3.63) is 78.4 Å². The Kier molecular flexibility index (Phi) is 4.46. The zero-order valence-corrected chi connectivity index (χ0v) is 14.9. The van der Waals surface area contributed by atoms with Crippen molar-refractivity contribution in [2.24, 2.45) is 0 Å². The Labute approximate surface area is 150 Å². The lowest BCUT2D eigenvalue weighted by molar-refractivity contribution is -0.934. The SMILES string of the molecule is C[N@@+]1(Cc2ccccc2)CCC[C@H]1COc1cccc2ccccc12. The number of hydrogen-bond donors (Lipinski definition) is 0. The van der Waals surface area contributed by atoms with Crippen LogP contribution in [-0.2, 0) is 6.54 Å². The van der Waals surface area contributed by atoms with Crippen LogP contribution in [0.4, 0.5) is 0 Å². The first kappa shape index (κ1) is 16.2. The normalized spacial score (nSPS) is 23.0. The zero-order chi connectivity index (χ0) is 17.1. The average Bonchev–Trinajstić information content (AvgIpc) is 3.01. The van der Waals surface area contributed by atoms with Crippen LogP contribution in [0.2, 0.25) is 0 Å². The second-order valence-electron chi connectivity index (χ2n) is 7.43. The lowest BCUT2D eigenvalue weighted by Gasteiger charge is -2.36. The van der Waals surface area contributed by atoms with E-state index in [1.807, 2.05) is 0 Å². The topological polar surface area (TPSA) is 9.23 Å². The van der Waals surface area contributed by atoms with Gasteiger partial charge in [-0.25, -0.2) is 0 Å². The fraction of sp³-hybridized carbons (Fsp3) is 0.304. The first-order valence-corrected chi connectivity index (χ1v) is 9.23. The highest BCUT2D eigenvalue weighted by Gasteiger charge is 2.38. The van der Waals surface area contributed by atoms with Crippen LogP contribution in [0.25, 0.3) is 10.8 Å². The Morgan fingerprint density at radius 2 is 1.68 bits per heavy atom. The fourth-order valence-corrected chi connectivity index (χ4v) is 4.16. The van der Waals surface area contributed by atoms with Crippen molar-refractivity contribution in [1.29, 1.82) is 0 Å². The Morgan fingerprint density at radius 1 is 0.920 bits per heavy atom. The van der Waals surface area contributed by atoms with E-state index in [-0.39, 0.29) is 0 Å². The summed E-state index contributed by atoms with van der Waals surface area (Å²) >= 11 is 0.